The van der Waals surface area contributed by atoms with Gasteiger partial charge in [-0.15, -0.1) is 0 Å². The topological polar surface area (TPSA) is 29.4 Å². The van der Waals surface area contributed by atoms with Gasteiger partial charge in [-0.05, 0) is 36.6 Å². The predicted molar refractivity (Wildman–Crippen MR) is 64.7 cm³/mol. The summed E-state index contributed by atoms with van der Waals surface area (Å²) in [7, 11) is 0. The monoisotopic (exact) mass is 289 g/mol. The van der Waals surface area contributed by atoms with Crippen molar-refractivity contribution in [3.63, 3.8) is 0 Å². The molecule has 102 valence electrons. The Labute approximate surface area is 113 Å². The summed E-state index contributed by atoms with van der Waals surface area (Å²) < 4.78 is 38.3. The minimum absolute atomic E-state index is 0.00259. The number of carbonyl (C=O) groups excluding carboxylic acids is 1. The first-order chi connectivity index (χ1) is 8.87. The Balaban J connectivity index is 2.55. The molecule has 0 heterocycles. The number of benzene rings is 1. The highest BCUT2D eigenvalue weighted by Crippen LogP contribution is 2.44. The van der Waals surface area contributed by atoms with Crippen molar-refractivity contribution in [3.8, 4) is 0 Å². The first-order valence-electron chi connectivity index (χ1n) is 5.85. The van der Waals surface area contributed by atoms with Gasteiger partial charge in [0.1, 0.15) is 0 Å². The predicted octanol–water partition coefficient (Wildman–Crippen LogP) is 4.46. The van der Waals surface area contributed by atoms with Crippen molar-refractivity contribution in [2.24, 2.45) is 4.99 Å². The van der Waals surface area contributed by atoms with E-state index in [1.807, 2.05) is 0 Å². The minimum atomic E-state index is -4.47. The Bertz CT molecular complexity index is 529. The lowest BCUT2D eigenvalue weighted by atomic mass is 9.88. The molecule has 1 saturated carbocycles. The van der Waals surface area contributed by atoms with Crippen LogP contribution in [0, 0.1) is 0 Å². The van der Waals surface area contributed by atoms with Crippen molar-refractivity contribution < 1.29 is 18.0 Å². The zero-order valence-electron chi connectivity index (χ0n) is 9.93. The van der Waals surface area contributed by atoms with Crippen LogP contribution in [0.1, 0.15) is 36.8 Å². The van der Waals surface area contributed by atoms with E-state index in [1.54, 1.807) is 0 Å². The fourth-order valence-corrected chi connectivity index (χ4v) is 2.77. The van der Waals surface area contributed by atoms with Crippen molar-refractivity contribution >= 4 is 17.7 Å². The average Bonchev–Trinajstić information content (AvgIpc) is 2.77. The summed E-state index contributed by atoms with van der Waals surface area (Å²) in [4.78, 5) is 14.3. The van der Waals surface area contributed by atoms with E-state index in [4.69, 9.17) is 11.6 Å². The van der Waals surface area contributed by atoms with E-state index in [0.717, 1.165) is 25.0 Å². The molecule has 1 fully saturated rings. The highest BCUT2D eigenvalue weighted by Gasteiger charge is 2.38. The van der Waals surface area contributed by atoms with Gasteiger partial charge in [0.2, 0.25) is 6.08 Å². The van der Waals surface area contributed by atoms with E-state index < -0.39 is 17.3 Å². The maximum atomic E-state index is 12.8. The lowest BCUT2D eigenvalue weighted by Crippen LogP contribution is -2.20. The van der Waals surface area contributed by atoms with E-state index in [0.29, 0.717) is 18.4 Å². The van der Waals surface area contributed by atoms with Crippen LogP contribution in [0.5, 0.6) is 0 Å². The summed E-state index contributed by atoms with van der Waals surface area (Å²) >= 11 is 5.76. The number of rotatable bonds is 2. The average molecular weight is 290 g/mol. The lowest BCUT2D eigenvalue weighted by molar-refractivity contribution is -0.137. The third kappa shape index (κ3) is 2.82. The quantitative estimate of drug-likeness (QED) is 0.583. The molecule has 0 aromatic heterocycles. The van der Waals surface area contributed by atoms with Gasteiger partial charge in [0.15, 0.2) is 0 Å². The summed E-state index contributed by atoms with van der Waals surface area (Å²) in [5.41, 5.74) is -1.37. The third-order valence-corrected chi connectivity index (χ3v) is 3.67. The molecular weight excluding hydrogens is 279 g/mol. The summed E-state index contributed by atoms with van der Waals surface area (Å²) in [6, 6.07) is 3.35. The third-order valence-electron chi connectivity index (χ3n) is 3.45. The van der Waals surface area contributed by atoms with Gasteiger partial charge >= 0.3 is 6.18 Å². The Kier molecular flexibility index (Phi) is 3.70. The number of halogens is 4. The molecule has 0 atom stereocenters. The molecule has 0 bridgehead atoms. The molecule has 0 radical (unpaired) electrons. The normalized spacial score (nSPS) is 18.1. The molecule has 1 aliphatic rings. The van der Waals surface area contributed by atoms with Crippen LogP contribution in [-0.2, 0) is 16.5 Å². The zero-order valence-corrected chi connectivity index (χ0v) is 10.7. The SMILES string of the molecule is O=C=NC1(c2cc(Cl)cc(C(F)(F)F)c2)CCCC1. The largest absolute Gasteiger partial charge is 0.416 e. The van der Waals surface area contributed by atoms with Crippen LogP contribution in [0.2, 0.25) is 5.02 Å². The van der Waals surface area contributed by atoms with Crippen LogP contribution < -0.4 is 0 Å². The second-order valence-electron chi connectivity index (χ2n) is 4.67. The molecule has 0 saturated heterocycles. The lowest BCUT2D eigenvalue weighted by Gasteiger charge is -2.24. The standard InChI is InChI=1S/C13H11ClF3NO/c14-11-6-9(5-10(7-11)13(15,16)17)12(18-8-19)3-1-2-4-12/h5-7H,1-4H2. The van der Waals surface area contributed by atoms with Crippen molar-refractivity contribution in [1.29, 1.82) is 0 Å². The van der Waals surface area contributed by atoms with Gasteiger partial charge in [-0.1, -0.05) is 24.4 Å². The van der Waals surface area contributed by atoms with Crippen LogP contribution in [0.15, 0.2) is 23.2 Å². The molecular formula is C13H11ClF3NO. The van der Waals surface area contributed by atoms with E-state index in [9.17, 15) is 18.0 Å². The van der Waals surface area contributed by atoms with E-state index in [2.05, 4.69) is 4.99 Å². The van der Waals surface area contributed by atoms with E-state index in [-0.39, 0.29) is 5.02 Å². The minimum Gasteiger partial charge on any atom is -0.211 e. The second-order valence-corrected chi connectivity index (χ2v) is 5.10. The molecule has 1 aromatic carbocycles. The van der Waals surface area contributed by atoms with E-state index >= 15 is 0 Å². The van der Waals surface area contributed by atoms with Gasteiger partial charge in [0.05, 0.1) is 11.1 Å². The maximum absolute atomic E-state index is 12.8. The van der Waals surface area contributed by atoms with Gasteiger partial charge in [-0.3, -0.25) is 0 Å². The fourth-order valence-electron chi connectivity index (χ4n) is 2.53. The first kappa shape index (κ1) is 14.1. The molecule has 0 spiro atoms. The first-order valence-corrected chi connectivity index (χ1v) is 6.22. The van der Waals surface area contributed by atoms with Gasteiger partial charge in [-0.2, -0.15) is 18.2 Å². The van der Waals surface area contributed by atoms with Crippen LogP contribution in [0.4, 0.5) is 13.2 Å². The summed E-state index contributed by atoms with van der Waals surface area (Å²) in [6.45, 7) is 0. The second kappa shape index (κ2) is 4.99. The molecule has 19 heavy (non-hydrogen) atoms. The Morgan fingerprint density at radius 2 is 1.84 bits per heavy atom. The molecule has 0 amide bonds. The Morgan fingerprint density at radius 1 is 1.21 bits per heavy atom. The molecule has 0 N–H and O–H groups in total. The number of hydrogen-bond acceptors (Lipinski definition) is 2. The van der Waals surface area contributed by atoms with Crippen molar-refractivity contribution in [3.05, 3.63) is 34.3 Å². The van der Waals surface area contributed by atoms with Crippen LogP contribution in [0.25, 0.3) is 0 Å². The summed E-state index contributed by atoms with van der Waals surface area (Å²) in [5.74, 6) is 0. The molecule has 6 heteroatoms. The van der Waals surface area contributed by atoms with Crippen molar-refractivity contribution in [2.75, 3.05) is 0 Å². The maximum Gasteiger partial charge on any atom is 0.416 e. The number of isocyanates is 1. The smallest absolute Gasteiger partial charge is 0.211 e. The molecule has 2 rings (SSSR count). The highest BCUT2D eigenvalue weighted by atomic mass is 35.5. The highest BCUT2D eigenvalue weighted by molar-refractivity contribution is 6.30. The number of aliphatic imine (C=N–C) groups is 1. The molecule has 1 aliphatic carbocycles. The molecule has 0 aliphatic heterocycles. The van der Waals surface area contributed by atoms with Crippen LogP contribution in [-0.4, -0.2) is 6.08 Å². The van der Waals surface area contributed by atoms with E-state index in [1.165, 1.54) is 12.1 Å². The van der Waals surface area contributed by atoms with Gasteiger partial charge in [0.25, 0.3) is 0 Å². The van der Waals surface area contributed by atoms with Crippen LogP contribution in [0.3, 0.4) is 0 Å². The molecule has 1 aromatic rings. The van der Waals surface area contributed by atoms with Gasteiger partial charge < -0.3 is 0 Å². The fraction of sp³-hybridized carbons (Fsp3) is 0.462. The summed E-state index contributed by atoms with van der Waals surface area (Å²) in [5, 5.41) is -0.00259. The Morgan fingerprint density at radius 3 is 2.37 bits per heavy atom. The Hall–Kier alpha value is -1.32. The number of alkyl halides is 3. The van der Waals surface area contributed by atoms with Gasteiger partial charge in [-0.25, -0.2) is 4.79 Å². The molecule has 0 unspecified atom stereocenters. The number of nitrogens with zero attached hydrogens (tertiary/aromatic N) is 1. The van der Waals surface area contributed by atoms with Crippen LogP contribution >= 0.6 is 11.6 Å². The molecule has 2 nitrogen and oxygen atoms in total. The summed E-state index contributed by atoms with van der Waals surface area (Å²) in [6.07, 6.45) is -0.271. The zero-order chi connectivity index (χ0) is 14.1. The van der Waals surface area contributed by atoms with Crippen molar-refractivity contribution in [1.82, 2.24) is 0 Å². The number of hydrogen-bond donors (Lipinski definition) is 0. The van der Waals surface area contributed by atoms with Gasteiger partial charge in [0, 0.05) is 5.02 Å². The van der Waals surface area contributed by atoms with Crippen molar-refractivity contribution in [2.45, 2.75) is 37.4 Å².